The van der Waals surface area contributed by atoms with Crippen LogP contribution in [0.3, 0.4) is 0 Å². The van der Waals surface area contributed by atoms with Crippen molar-refractivity contribution in [3.63, 3.8) is 0 Å². The number of alkyl halides is 1. The van der Waals surface area contributed by atoms with E-state index in [1.807, 2.05) is 0 Å². The summed E-state index contributed by atoms with van der Waals surface area (Å²) in [6, 6.07) is 0. The molecule has 0 aromatic carbocycles. The lowest BCUT2D eigenvalue weighted by Gasteiger charge is -2.35. The maximum Gasteiger partial charge on any atom is 0.242 e. The number of rotatable bonds is 6. The predicted molar refractivity (Wildman–Crippen MR) is 83.3 cm³/mol. The molecule has 1 N–H and O–H groups in total. The molecule has 1 aromatic heterocycles. The van der Waals surface area contributed by atoms with Gasteiger partial charge < -0.3 is 5.32 Å². The lowest BCUT2D eigenvalue weighted by molar-refractivity contribution is 0.237. The van der Waals surface area contributed by atoms with Gasteiger partial charge in [0.1, 0.15) is 0 Å². The predicted octanol–water partition coefficient (Wildman–Crippen LogP) is 3.60. The first-order chi connectivity index (χ1) is 9.73. The van der Waals surface area contributed by atoms with E-state index in [9.17, 15) is 0 Å². The van der Waals surface area contributed by atoms with Gasteiger partial charge in [-0.2, -0.15) is 5.10 Å². The van der Waals surface area contributed by atoms with Gasteiger partial charge in [0.2, 0.25) is 5.95 Å². The fourth-order valence-corrected chi connectivity index (χ4v) is 3.30. The van der Waals surface area contributed by atoms with Crippen LogP contribution in [0, 0.1) is 5.41 Å². The Kier molecular flexibility index (Phi) is 5.58. The van der Waals surface area contributed by atoms with Crippen molar-refractivity contribution in [3.8, 4) is 0 Å². The fourth-order valence-electron chi connectivity index (χ4n) is 2.94. The molecule has 112 valence electrons. The largest absolute Gasteiger partial charge is 0.352 e. The minimum atomic E-state index is 0.207. The number of hydrogen-bond donors (Lipinski definition) is 1. The van der Waals surface area contributed by atoms with Gasteiger partial charge in [-0.25, -0.2) is 4.98 Å². The first-order valence-corrected chi connectivity index (χ1v) is 8.29. The minimum absolute atomic E-state index is 0.207. The van der Waals surface area contributed by atoms with Gasteiger partial charge in [0, 0.05) is 17.8 Å². The molecule has 0 radical (unpaired) electrons. The zero-order valence-corrected chi connectivity index (χ0v) is 13.3. The third-order valence-electron chi connectivity index (χ3n) is 4.33. The second-order valence-corrected chi connectivity index (χ2v) is 6.05. The van der Waals surface area contributed by atoms with Crippen LogP contribution in [0.5, 0.6) is 0 Å². The molecule has 1 saturated carbocycles. The molecular weight excluding hydrogens is 272 g/mol. The summed E-state index contributed by atoms with van der Waals surface area (Å²) in [7, 11) is 0. The molecule has 1 heterocycles. The van der Waals surface area contributed by atoms with Crippen molar-refractivity contribution in [2.45, 2.75) is 58.8 Å². The number of anilines is 1. The van der Waals surface area contributed by atoms with E-state index < -0.39 is 0 Å². The average Bonchev–Trinajstić information content (AvgIpc) is 2.53. The molecule has 0 saturated heterocycles. The fraction of sp³-hybridized carbons (Fsp3) is 0.800. The summed E-state index contributed by atoms with van der Waals surface area (Å²) in [5, 5.41) is 11.8. The zero-order chi connectivity index (χ0) is 14.4. The number of hydrogen-bond acceptors (Lipinski definition) is 4. The Bertz CT molecular complexity index is 430. The van der Waals surface area contributed by atoms with Crippen molar-refractivity contribution in [2.75, 3.05) is 17.7 Å². The SMILES string of the molecule is CCc1nnc(NCC2(CCl)CCCCC2)nc1CC. The van der Waals surface area contributed by atoms with Crippen LogP contribution < -0.4 is 5.32 Å². The highest BCUT2D eigenvalue weighted by atomic mass is 35.5. The molecule has 1 aromatic rings. The van der Waals surface area contributed by atoms with Gasteiger partial charge in [0.15, 0.2) is 0 Å². The molecule has 0 spiro atoms. The Hall–Kier alpha value is -0.900. The van der Waals surface area contributed by atoms with Gasteiger partial charge in [-0.05, 0) is 25.7 Å². The molecule has 20 heavy (non-hydrogen) atoms. The van der Waals surface area contributed by atoms with Crippen LogP contribution in [0.4, 0.5) is 5.95 Å². The first-order valence-electron chi connectivity index (χ1n) is 7.75. The maximum absolute atomic E-state index is 6.21. The quantitative estimate of drug-likeness (QED) is 0.815. The number of nitrogens with zero attached hydrogens (tertiary/aromatic N) is 3. The van der Waals surface area contributed by atoms with Gasteiger partial charge in [0.25, 0.3) is 0 Å². The highest BCUT2D eigenvalue weighted by Crippen LogP contribution is 2.37. The van der Waals surface area contributed by atoms with E-state index in [-0.39, 0.29) is 5.41 Å². The van der Waals surface area contributed by atoms with Crippen LogP contribution >= 0.6 is 11.6 Å². The van der Waals surface area contributed by atoms with Crippen molar-refractivity contribution in [2.24, 2.45) is 5.41 Å². The van der Waals surface area contributed by atoms with Crippen LogP contribution in [0.2, 0.25) is 0 Å². The summed E-state index contributed by atoms with van der Waals surface area (Å²) < 4.78 is 0. The number of nitrogens with one attached hydrogen (secondary N) is 1. The molecule has 1 fully saturated rings. The Morgan fingerprint density at radius 3 is 2.35 bits per heavy atom. The lowest BCUT2D eigenvalue weighted by Crippen LogP contribution is -2.34. The van der Waals surface area contributed by atoms with Gasteiger partial charge in [-0.1, -0.05) is 33.1 Å². The van der Waals surface area contributed by atoms with E-state index in [0.717, 1.165) is 30.8 Å². The number of aryl methyl sites for hydroxylation is 2. The molecule has 4 nitrogen and oxygen atoms in total. The summed E-state index contributed by atoms with van der Waals surface area (Å²) in [6.07, 6.45) is 8.07. The molecule has 0 bridgehead atoms. The van der Waals surface area contributed by atoms with Crippen molar-refractivity contribution in [1.29, 1.82) is 0 Å². The monoisotopic (exact) mass is 296 g/mol. The maximum atomic E-state index is 6.21. The standard InChI is InChI=1S/C15H25ClN4/c1-3-12-13(4-2)19-20-14(18-12)17-11-15(10-16)8-6-5-7-9-15/h3-11H2,1-2H3,(H,17,18,20). The van der Waals surface area contributed by atoms with Crippen LogP contribution in [0.1, 0.15) is 57.3 Å². The smallest absolute Gasteiger partial charge is 0.242 e. The van der Waals surface area contributed by atoms with Gasteiger partial charge in [-0.3, -0.25) is 0 Å². The van der Waals surface area contributed by atoms with Crippen molar-refractivity contribution in [3.05, 3.63) is 11.4 Å². The third-order valence-corrected chi connectivity index (χ3v) is 4.90. The molecule has 0 unspecified atom stereocenters. The van der Waals surface area contributed by atoms with Crippen molar-refractivity contribution >= 4 is 17.5 Å². The molecule has 2 rings (SSSR count). The second kappa shape index (κ2) is 7.21. The minimum Gasteiger partial charge on any atom is -0.352 e. The Balaban J connectivity index is 2.02. The summed E-state index contributed by atoms with van der Waals surface area (Å²) in [5.74, 6) is 1.36. The van der Waals surface area contributed by atoms with Crippen LogP contribution in [0.15, 0.2) is 0 Å². The summed E-state index contributed by atoms with van der Waals surface area (Å²) in [5.41, 5.74) is 2.26. The Morgan fingerprint density at radius 2 is 1.75 bits per heavy atom. The summed E-state index contributed by atoms with van der Waals surface area (Å²) in [4.78, 5) is 4.58. The van der Waals surface area contributed by atoms with Gasteiger partial charge >= 0.3 is 0 Å². The molecular formula is C15H25ClN4. The van der Waals surface area contributed by atoms with E-state index in [0.29, 0.717) is 11.8 Å². The molecule has 0 atom stereocenters. The Morgan fingerprint density at radius 1 is 1.05 bits per heavy atom. The summed E-state index contributed by atoms with van der Waals surface area (Å²) >= 11 is 6.21. The van der Waals surface area contributed by atoms with E-state index in [2.05, 4.69) is 34.3 Å². The highest BCUT2D eigenvalue weighted by Gasteiger charge is 2.31. The van der Waals surface area contributed by atoms with E-state index in [4.69, 9.17) is 11.6 Å². The zero-order valence-electron chi connectivity index (χ0n) is 12.6. The normalized spacial score (nSPS) is 17.9. The van der Waals surface area contributed by atoms with Gasteiger partial charge in [-0.15, -0.1) is 16.7 Å². The van der Waals surface area contributed by atoms with E-state index in [1.54, 1.807) is 0 Å². The second-order valence-electron chi connectivity index (χ2n) is 5.78. The number of aromatic nitrogens is 3. The lowest BCUT2D eigenvalue weighted by atomic mass is 9.75. The molecule has 1 aliphatic rings. The third kappa shape index (κ3) is 3.60. The molecule has 1 aliphatic carbocycles. The van der Waals surface area contributed by atoms with E-state index in [1.165, 1.54) is 32.1 Å². The number of halogens is 1. The summed E-state index contributed by atoms with van der Waals surface area (Å²) in [6.45, 7) is 5.05. The Labute approximate surface area is 126 Å². The average molecular weight is 297 g/mol. The van der Waals surface area contributed by atoms with Crippen molar-refractivity contribution < 1.29 is 0 Å². The highest BCUT2D eigenvalue weighted by molar-refractivity contribution is 6.18. The van der Waals surface area contributed by atoms with Crippen LogP contribution in [-0.4, -0.2) is 27.6 Å². The van der Waals surface area contributed by atoms with Crippen LogP contribution in [-0.2, 0) is 12.8 Å². The molecule has 0 aliphatic heterocycles. The van der Waals surface area contributed by atoms with Gasteiger partial charge in [0.05, 0.1) is 11.4 Å². The van der Waals surface area contributed by atoms with E-state index >= 15 is 0 Å². The first kappa shape index (κ1) is 15.5. The topological polar surface area (TPSA) is 50.7 Å². The molecule has 5 heteroatoms. The van der Waals surface area contributed by atoms with Crippen molar-refractivity contribution in [1.82, 2.24) is 15.2 Å². The molecule has 0 amide bonds. The van der Waals surface area contributed by atoms with Crippen LogP contribution in [0.25, 0.3) is 0 Å².